The van der Waals surface area contributed by atoms with Crippen molar-refractivity contribution in [2.45, 2.75) is 119 Å². The van der Waals surface area contributed by atoms with Crippen LogP contribution in [0, 0.1) is 17.9 Å². The lowest BCUT2D eigenvalue weighted by Gasteiger charge is -2.50. The van der Waals surface area contributed by atoms with Crippen molar-refractivity contribution >= 4 is 0 Å². The summed E-state index contributed by atoms with van der Waals surface area (Å²) < 4.78 is 18.0. The fraction of sp³-hybridized carbons (Fsp3) is 0.677. The van der Waals surface area contributed by atoms with E-state index >= 15 is 0 Å². The SMILES string of the molecule is C=CCc1ccc(OC2OC3C(CCCO)OC#CCC(O)C(CCC4(O)CCCC4)CC2(O)C(O)C3O)cc1. The average molecular weight is 561 g/mol. The molecule has 1 saturated heterocycles. The normalized spacial score (nSPS) is 35.5. The third-order valence-electron chi connectivity index (χ3n) is 8.66. The Kier molecular flexibility index (Phi) is 10.5. The van der Waals surface area contributed by atoms with Crippen LogP contribution < -0.4 is 4.74 Å². The van der Waals surface area contributed by atoms with E-state index in [1.807, 2.05) is 12.1 Å². The average Bonchev–Trinajstić information content (AvgIpc) is 3.38. The molecule has 5 rings (SSSR count). The van der Waals surface area contributed by atoms with Crippen molar-refractivity contribution in [2.75, 3.05) is 6.61 Å². The Bertz CT molecular complexity index is 1010. The number of hydrogen-bond donors (Lipinski definition) is 6. The van der Waals surface area contributed by atoms with Gasteiger partial charge in [0.25, 0.3) is 0 Å². The zero-order valence-corrected chi connectivity index (χ0v) is 23.0. The number of aliphatic hydroxyl groups excluding tert-OH is 4. The number of rotatable bonds is 10. The van der Waals surface area contributed by atoms with E-state index in [1.165, 1.54) is 0 Å². The van der Waals surface area contributed by atoms with Crippen molar-refractivity contribution in [3.63, 3.8) is 0 Å². The first-order valence-corrected chi connectivity index (χ1v) is 14.4. The summed E-state index contributed by atoms with van der Waals surface area (Å²) in [5.41, 5.74) is -1.91. The van der Waals surface area contributed by atoms with Crippen LogP contribution in [0.5, 0.6) is 5.75 Å². The van der Waals surface area contributed by atoms with E-state index in [4.69, 9.17) is 14.2 Å². The summed E-state index contributed by atoms with van der Waals surface area (Å²) in [6.45, 7) is 3.63. The molecule has 1 aromatic rings. The molecule has 8 unspecified atom stereocenters. The molecule has 1 saturated carbocycles. The molecule has 9 nitrogen and oxygen atoms in total. The first-order chi connectivity index (χ1) is 19.2. The predicted molar refractivity (Wildman–Crippen MR) is 147 cm³/mol. The molecular weight excluding hydrogens is 516 g/mol. The van der Waals surface area contributed by atoms with Gasteiger partial charge < -0.3 is 44.8 Å². The summed E-state index contributed by atoms with van der Waals surface area (Å²) in [6.07, 6.45) is 2.01. The molecule has 1 aromatic carbocycles. The first kappa shape index (κ1) is 30.8. The molecule has 40 heavy (non-hydrogen) atoms. The maximum atomic E-state index is 12.0. The van der Waals surface area contributed by atoms with Gasteiger partial charge in [-0.3, -0.25) is 0 Å². The Balaban J connectivity index is 1.67. The highest BCUT2D eigenvalue weighted by Crippen LogP contribution is 2.42. The van der Waals surface area contributed by atoms with Crippen LogP contribution >= 0.6 is 0 Å². The molecule has 222 valence electrons. The molecule has 3 heterocycles. The van der Waals surface area contributed by atoms with Gasteiger partial charge in [-0.2, -0.15) is 0 Å². The number of aliphatic hydroxyl groups is 6. The molecule has 2 bridgehead atoms. The molecule has 0 aromatic heterocycles. The van der Waals surface area contributed by atoms with Gasteiger partial charge in [0.05, 0.1) is 11.7 Å². The van der Waals surface area contributed by atoms with Gasteiger partial charge in [0.15, 0.2) is 5.60 Å². The second-order valence-electron chi connectivity index (χ2n) is 11.6. The van der Waals surface area contributed by atoms with Gasteiger partial charge in [0, 0.05) is 13.0 Å². The summed E-state index contributed by atoms with van der Waals surface area (Å²) >= 11 is 0. The zero-order chi connectivity index (χ0) is 28.8. The summed E-state index contributed by atoms with van der Waals surface area (Å²) in [5, 5.41) is 66.1. The van der Waals surface area contributed by atoms with Crippen LogP contribution in [0.25, 0.3) is 0 Å². The smallest absolute Gasteiger partial charge is 0.232 e. The molecule has 0 spiro atoms. The minimum Gasteiger partial charge on any atom is -0.462 e. The van der Waals surface area contributed by atoms with Crippen molar-refractivity contribution in [1.29, 1.82) is 0 Å². The van der Waals surface area contributed by atoms with E-state index in [2.05, 4.69) is 18.6 Å². The Morgan fingerprint density at radius 1 is 1.07 bits per heavy atom. The van der Waals surface area contributed by atoms with E-state index in [9.17, 15) is 30.6 Å². The zero-order valence-electron chi connectivity index (χ0n) is 23.0. The van der Waals surface area contributed by atoms with Crippen molar-refractivity contribution in [2.24, 2.45) is 5.92 Å². The Labute approximate surface area is 236 Å². The highest BCUT2D eigenvalue weighted by atomic mass is 16.7. The lowest BCUT2D eigenvalue weighted by molar-refractivity contribution is -0.333. The number of allylic oxidation sites excluding steroid dienone is 1. The molecule has 6 N–H and O–H groups in total. The van der Waals surface area contributed by atoms with Crippen molar-refractivity contribution in [3.05, 3.63) is 42.5 Å². The maximum Gasteiger partial charge on any atom is 0.232 e. The highest BCUT2D eigenvalue weighted by Gasteiger charge is 2.59. The summed E-state index contributed by atoms with van der Waals surface area (Å²) in [6, 6.07) is 7.17. The monoisotopic (exact) mass is 560 g/mol. The van der Waals surface area contributed by atoms with Crippen LogP contribution in [0.3, 0.4) is 0 Å². The van der Waals surface area contributed by atoms with E-state index in [1.54, 1.807) is 18.2 Å². The van der Waals surface area contributed by atoms with E-state index in [0.717, 1.165) is 18.4 Å². The van der Waals surface area contributed by atoms with Gasteiger partial charge in [-0.05, 0) is 75.0 Å². The van der Waals surface area contributed by atoms with E-state index in [-0.39, 0.29) is 25.9 Å². The molecular formula is C31H44O9. The third-order valence-corrected chi connectivity index (χ3v) is 8.66. The number of hydrogen-bond acceptors (Lipinski definition) is 9. The minimum atomic E-state index is -2.10. The van der Waals surface area contributed by atoms with Crippen LogP contribution in [0.1, 0.15) is 69.8 Å². The van der Waals surface area contributed by atoms with Crippen LogP contribution in [0.2, 0.25) is 0 Å². The molecule has 2 fully saturated rings. The van der Waals surface area contributed by atoms with Crippen molar-refractivity contribution in [1.82, 2.24) is 0 Å². The van der Waals surface area contributed by atoms with Gasteiger partial charge in [-0.1, -0.05) is 37.0 Å². The molecule has 8 atom stereocenters. The fourth-order valence-electron chi connectivity index (χ4n) is 6.21. The predicted octanol–water partition coefficient (Wildman–Crippen LogP) is 1.95. The number of ether oxygens (including phenoxy) is 3. The van der Waals surface area contributed by atoms with Crippen molar-refractivity contribution in [3.8, 4) is 17.8 Å². The van der Waals surface area contributed by atoms with Gasteiger partial charge in [0.1, 0.15) is 36.3 Å². The largest absolute Gasteiger partial charge is 0.462 e. The van der Waals surface area contributed by atoms with Gasteiger partial charge in [-0.15, -0.1) is 6.58 Å². The Hall–Kier alpha value is -2.16. The van der Waals surface area contributed by atoms with Crippen LogP contribution in [-0.2, 0) is 15.9 Å². The topological polar surface area (TPSA) is 149 Å². The number of fused-ring (bicyclic) bond motifs is 8. The van der Waals surface area contributed by atoms with Gasteiger partial charge >= 0.3 is 0 Å². The standard InChI is InChI=1S/C31H44O9/c1-2-7-21-10-12-23(13-11-21)39-29-31(37)20-22(14-17-30(36)15-3-4-16-30)24(33)8-6-19-38-25(9-5-18-32)27(40-29)26(34)28(31)35/h2,10-13,22,24-29,32-37H,1,3-5,7-9,14-18,20H2. The molecule has 9 heteroatoms. The molecule has 0 radical (unpaired) electrons. The Morgan fingerprint density at radius 3 is 2.48 bits per heavy atom. The maximum absolute atomic E-state index is 12.0. The van der Waals surface area contributed by atoms with Crippen molar-refractivity contribution < 1.29 is 44.8 Å². The van der Waals surface area contributed by atoms with E-state index in [0.29, 0.717) is 44.3 Å². The van der Waals surface area contributed by atoms with Gasteiger partial charge in [-0.25, -0.2) is 0 Å². The van der Waals surface area contributed by atoms with E-state index < -0.39 is 53.9 Å². The first-order valence-electron chi connectivity index (χ1n) is 14.4. The van der Waals surface area contributed by atoms with Crippen LogP contribution in [-0.4, -0.2) is 85.3 Å². The third kappa shape index (κ3) is 7.18. The quantitative estimate of drug-likeness (QED) is 0.187. The minimum absolute atomic E-state index is 0.0619. The molecule has 3 aliphatic heterocycles. The highest BCUT2D eigenvalue weighted by molar-refractivity contribution is 5.29. The Morgan fingerprint density at radius 2 is 1.80 bits per heavy atom. The second-order valence-corrected chi connectivity index (χ2v) is 11.6. The van der Waals surface area contributed by atoms with Crippen LogP contribution in [0.4, 0.5) is 0 Å². The fourth-order valence-corrected chi connectivity index (χ4v) is 6.21. The summed E-state index contributed by atoms with van der Waals surface area (Å²) in [5.74, 6) is 2.62. The second kappa shape index (κ2) is 13.7. The molecule has 0 amide bonds. The summed E-state index contributed by atoms with van der Waals surface area (Å²) in [4.78, 5) is 0. The molecule has 4 aliphatic rings. The molecule has 1 aliphatic carbocycles. The van der Waals surface area contributed by atoms with Crippen LogP contribution in [0.15, 0.2) is 36.9 Å². The summed E-state index contributed by atoms with van der Waals surface area (Å²) in [7, 11) is 0. The van der Waals surface area contributed by atoms with Gasteiger partial charge in [0.2, 0.25) is 6.29 Å². The lowest BCUT2D eigenvalue weighted by atomic mass is 9.74. The lowest BCUT2D eigenvalue weighted by Crippen LogP contribution is -2.70. The number of benzene rings is 1.